The zero-order chi connectivity index (χ0) is 27.7. The van der Waals surface area contributed by atoms with Crippen LogP contribution < -0.4 is 0 Å². The Morgan fingerprint density at radius 3 is 1.58 bits per heavy atom. The molecule has 0 atom stereocenters. The summed E-state index contributed by atoms with van der Waals surface area (Å²) in [5.74, 6) is -1.93. The van der Waals surface area contributed by atoms with Crippen LogP contribution in [-0.4, -0.2) is 43.4 Å². The number of halogens is 3. The number of nitro benzene ring substituents is 2. The Kier molecular flexibility index (Phi) is 8.70. The molecule has 0 bridgehead atoms. The Balaban J connectivity index is 0.000000260. The molecular weight excluding hydrogens is 513 g/mol. The summed E-state index contributed by atoms with van der Waals surface area (Å²) >= 11 is 0. The molecule has 0 spiro atoms. The largest absolute Gasteiger partial charge is 0.471 e. The highest BCUT2D eigenvalue weighted by molar-refractivity contribution is 5.82. The Morgan fingerprint density at radius 2 is 1.18 bits per heavy atom. The molecule has 0 aliphatic carbocycles. The fraction of sp³-hybridized carbons (Fsp3) is 0.417. The molecule has 0 fully saturated rings. The van der Waals surface area contributed by atoms with Crippen LogP contribution in [0.25, 0.3) is 0 Å². The average molecular weight is 540 g/mol. The minimum absolute atomic E-state index is 0. The van der Waals surface area contributed by atoms with E-state index < -0.39 is 33.6 Å². The molecule has 2 aliphatic rings. The van der Waals surface area contributed by atoms with Crippen molar-refractivity contribution in [1.82, 2.24) is 9.80 Å². The van der Waals surface area contributed by atoms with Crippen LogP contribution in [0, 0.1) is 20.2 Å². The van der Waals surface area contributed by atoms with Crippen LogP contribution in [0.2, 0.25) is 0 Å². The molecule has 0 saturated heterocycles. The lowest BCUT2D eigenvalue weighted by Gasteiger charge is -2.24. The van der Waals surface area contributed by atoms with E-state index in [2.05, 4.69) is 0 Å². The van der Waals surface area contributed by atoms with E-state index in [0.717, 1.165) is 11.1 Å². The Bertz CT molecular complexity index is 1260. The second kappa shape index (κ2) is 11.0. The van der Waals surface area contributed by atoms with E-state index >= 15 is 0 Å². The molecule has 0 N–H and O–H groups in total. The lowest BCUT2D eigenvalue weighted by molar-refractivity contribution is -0.385. The number of carbonyl (C=O) groups is 2. The molecule has 2 amide bonds. The maximum Gasteiger partial charge on any atom is 0.471 e. The van der Waals surface area contributed by atoms with Crippen LogP contribution in [0.5, 0.6) is 0 Å². The molecule has 2 aromatic rings. The van der Waals surface area contributed by atoms with E-state index in [1.165, 1.54) is 30.3 Å². The quantitative estimate of drug-likeness (QED) is 0.363. The topological polar surface area (TPSA) is 136 Å². The van der Waals surface area contributed by atoms with E-state index in [1.807, 2.05) is 0 Å². The third kappa shape index (κ3) is 7.17. The number of hydrogen-bond acceptors (Lipinski definition) is 7. The molecule has 206 valence electrons. The molecule has 38 heavy (non-hydrogen) atoms. The number of fused-ring (bicyclic) bond motifs is 2. The molecule has 0 unspecified atom stereocenters. The predicted molar refractivity (Wildman–Crippen MR) is 129 cm³/mol. The molecule has 2 aliphatic heterocycles. The summed E-state index contributed by atoms with van der Waals surface area (Å²) in [6.07, 6.45) is -5.32. The first-order valence-electron chi connectivity index (χ1n) is 10.9. The van der Waals surface area contributed by atoms with Gasteiger partial charge in [-0.15, -0.1) is 0 Å². The average Bonchev–Trinajstić information content (AvgIpc) is 3.40. The van der Waals surface area contributed by atoms with Crippen molar-refractivity contribution in [3.63, 3.8) is 0 Å². The number of hydrogen-bond donors (Lipinski definition) is 0. The number of rotatable bonds is 2. The minimum Gasteiger partial charge on any atom is -0.444 e. The number of alkyl halides is 3. The molecule has 0 aromatic heterocycles. The van der Waals surface area contributed by atoms with Gasteiger partial charge in [-0.3, -0.25) is 29.9 Å². The van der Waals surface area contributed by atoms with Gasteiger partial charge in [0, 0.05) is 50.4 Å². The monoisotopic (exact) mass is 540 g/mol. The van der Waals surface area contributed by atoms with Crippen LogP contribution in [0.3, 0.4) is 0 Å². The van der Waals surface area contributed by atoms with Gasteiger partial charge < -0.3 is 9.64 Å². The van der Waals surface area contributed by atoms with Crippen molar-refractivity contribution >= 4 is 23.4 Å². The highest BCUT2D eigenvalue weighted by Gasteiger charge is 2.44. The summed E-state index contributed by atoms with van der Waals surface area (Å²) in [7, 11) is 0. The summed E-state index contributed by atoms with van der Waals surface area (Å²) in [5, 5.41) is 21.2. The smallest absolute Gasteiger partial charge is 0.444 e. The first kappa shape index (κ1) is 30.0. The first-order chi connectivity index (χ1) is 17.0. The van der Waals surface area contributed by atoms with E-state index in [-0.39, 0.29) is 31.9 Å². The van der Waals surface area contributed by atoms with Gasteiger partial charge in [-0.25, -0.2) is 4.79 Å². The highest BCUT2D eigenvalue weighted by Crippen LogP contribution is 2.30. The fourth-order valence-corrected chi connectivity index (χ4v) is 3.77. The van der Waals surface area contributed by atoms with Crippen LogP contribution >= 0.6 is 0 Å². The molecule has 2 heterocycles. The predicted octanol–water partition coefficient (Wildman–Crippen LogP) is 5.48. The Labute approximate surface area is 216 Å². The lowest BCUT2D eigenvalue weighted by atomic mass is 10.1. The van der Waals surface area contributed by atoms with Crippen molar-refractivity contribution < 1.29 is 37.3 Å². The van der Waals surface area contributed by atoms with E-state index in [4.69, 9.17) is 4.74 Å². The van der Waals surface area contributed by atoms with Crippen LogP contribution in [0.4, 0.5) is 29.3 Å². The molecular formula is C24H27F3N4O7. The second-order valence-corrected chi connectivity index (χ2v) is 9.42. The van der Waals surface area contributed by atoms with Crippen LogP contribution in [0.1, 0.15) is 50.5 Å². The van der Waals surface area contributed by atoms with Crippen molar-refractivity contribution in [2.45, 2.75) is 66.2 Å². The van der Waals surface area contributed by atoms with Gasteiger partial charge in [-0.05, 0) is 43.0 Å². The maximum atomic E-state index is 12.2. The van der Waals surface area contributed by atoms with Crippen LogP contribution in [0.15, 0.2) is 36.4 Å². The fourth-order valence-electron chi connectivity index (χ4n) is 3.77. The number of benzene rings is 2. The third-order valence-corrected chi connectivity index (χ3v) is 5.43. The van der Waals surface area contributed by atoms with E-state index in [9.17, 15) is 43.0 Å². The van der Waals surface area contributed by atoms with Gasteiger partial charge in [-0.2, -0.15) is 13.2 Å². The molecule has 2 aromatic carbocycles. The summed E-state index contributed by atoms with van der Waals surface area (Å²) in [5.41, 5.74) is 1.91. The molecule has 14 heteroatoms. The number of ether oxygens (including phenoxy) is 1. The normalized spacial score (nSPS) is 13.9. The van der Waals surface area contributed by atoms with Gasteiger partial charge in [0.05, 0.1) is 9.85 Å². The van der Waals surface area contributed by atoms with Gasteiger partial charge in [0.25, 0.3) is 11.4 Å². The second-order valence-electron chi connectivity index (χ2n) is 9.42. The maximum absolute atomic E-state index is 12.2. The number of carbonyl (C=O) groups excluding carboxylic acids is 2. The standard InChI is InChI=1S/C13H16N2O4.C10H7F3N2O3.CH4/c1-13(2,3)19-12(16)14-7-9-4-5-11(15(17)18)6-10(9)8-14;11-10(12,13)9(16)14-4-6-1-2-8(15(17)18)3-7(6)5-14;/h4-6H,7-8H2,1-3H3;1-3H,4-5H2;1H4. The number of amides is 2. The van der Waals surface area contributed by atoms with Crippen molar-refractivity contribution in [1.29, 1.82) is 0 Å². The number of nitrogens with zero attached hydrogens (tertiary/aromatic N) is 4. The Hall–Kier alpha value is -4.23. The molecule has 0 radical (unpaired) electrons. The highest BCUT2D eigenvalue weighted by atomic mass is 19.4. The van der Waals surface area contributed by atoms with Gasteiger partial charge in [0.15, 0.2) is 0 Å². The minimum atomic E-state index is -4.92. The third-order valence-electron chi connectivity index (χ3n) is 5.43. The summed E-state index contributed by atoms with van der Waals surface area (Å²) < 4.78 is 42.0. The SMILES string of the molecule is C.CC(C)(C)OC(=O)N1Cc2ccc([N+](=O)[O-])cc2C1.O=C(N1Cc2ccc([N+](=O)[O-])cc2C1)C(F)(F)F. The van der Waals surface area contributed by atoms with E-state index in [0.29, 0.717) is 29.1 Å². The van der Waals surface area contributed by atoms with Crippen LogP contribution in [-0.2, 0) is 35.7 Å². The lowest BCUT2D eigenvalue weighted by Crippen LogP contribution is -2.37. The summed E-state index contributed by atoms with van der Waals surface area (Å²) in [4.78, 5) is 45.3. The van der Waals surface area contributed by atoms with E-state index in [1.54, 1.807) is 31.7 Å². The summed E-state index contributed by atoms with van der Waals surface area (Å²) in [6.45, 7) is 5.77. The van der Waals surface area contributed by atoms with Gasteiger partial charge in [0.2, 0.25) is 0 Å². The number of non-ortho nitro benzene ring substituents is 2. The molecule has 4 rings (SSSR count). The van der Waals surface area contributed by atoms with Gasteiger partial charge in [0.1, 0.15) is 5.60 Å². The van der Waals surface area contributed by atoms with Crippen molar-refractivity contribution in [2.24, 2.45) is 0 Å². The Morgan fingerprint density at radius 1 is 0.789 bits per heavy atom. The summed E-state index contributed by atoms with van der Waals surface area (Å²) in [6, 6.07) is 8.44. The first-order valence-corrected chi connectivity index (χ1v) is 10.9. The molecule has 11 nitrogen and oxygen atoms in total. The van der Waals surface area contributed by atoms with Gasteiger partial charge in [-0.1, -0.05) is 19.6 Å². The van der Waals surface area contributed by atoms with Crippen molar-refractivity contribution in [3.8, 4) is 0 Å². The molecule has 0 saturated carbocycles. The zero-order valence-corrected chi connectivity index (χ0v) is 20.1. The zero-order valence-electron chi connectivity index (χ0n) is 20.1. The van der Waals surface area contributed by atoms with Crippen molar-refractivity contribution in [3.05, 3.63) is 78.9 Å². The number of nitro groups is 2. The van der Waals surface area contributed by atoms with Crippen molar-refractivity contribution in [2.75, 3.05) is 0 Å². The van der Waals surface area contributed by atoms with Gasteiger partial charge >= 0.3 is 18.2 Å².